The minimum atomic E-state index is -1.59. The summed E-state index contributed by atoms with van der Waals surface area (Å²) >= 11 is 1.36. The molecule has 14 heavy (non-hydrogen) atoms. The van der Waals surface area contributed by atoms with Crippen molar-refractivity contribution in [2.75, 3.05) is 0 Å². The average Bonchev–Trinajstić information content (AvgIpc) is 2.21. The van der Waals surface area contributed by atoms with Gasteiger partial charge < -0.3 is 0 Å². The van der Waals surface area contributed by atoms with E-state index in [9.17, 15) is 0 Å². The molecule has 0 aromatic heterocycles. The maximum absolute atomic E-state index is 2.95. The van der Waals surface area contributed by atoms with Crippen LogP contribution in [-0.4, -0.2) is 0 Å². The molecule has 0 aliphatic rings. The molecule has 0 amide bonds. The second-order valence-electron chi connectivity index (χ2n) is 4.46. The van der Waals surface area contributed by atoms with Crippen LogP contribution >= 0.6 is 18.0 Å². The van der Waals surface area contributed by atoms with Gasteiger partial charge in [-0.15, -0.1) is 0 Å². The van der Waals surface area contributed by atoms with Crippen molar-refractivity contribution in [3.63, 3.8) is 0 Å². The summed E-state index contributed by atoms with van der Waals surface area (Å²) in [7, 11) is 0. The van der Waals surface area contributed by atoms with Crippen molar-refractivity contribution in [2.45, 2.75) is 71.7 Å². The molecule has 0 N–H and O–H groups in total. The molecule has 0 rings (SSSR count). The maximum atomic E-state index is 2.95. The molecule has 0 saturated carbocycles. The predicted molar refractivity (Wildman–Crippen MR) is 73.2 cm³/mol. The normalized spacial score (nSPS) is 12.0. The SMILES string of the molecule is CCC[CH2][Zr]([I])([CH2]CCC)[CH2]CCC. The molecule has 0 aliphatic heterocycles. The van der Waals surface area contributed by atoms with Crippen molar-refractivity contribution in [1.29, 1.82) is 0 Å². The van der Waals surface area contributed by atoms with E-state index in [4.69, 9.17) is 0 Å². The van der Waals surface area contributed by atoms with Gasteiger partial charge >= 0.3 is 106 Å². The fourth-order valence-corrected chi connectivity index (χ4v) is 17.7. The van der Waals surface area contributed by atoms with E-state index in [2.05, 4.69) is 38.8 Å². The zero-order chi connectivity index (χ0) is 10.9. The standard InChI is InChI=1S/3C4H9.HI.Zr/c3*1-3-4-2;;/h3*1,3-4H2,2H3;1H;/q;;;;+1/p-1. The van der Waals surface area contributed by atoms with Crippen molar-refractivity contribution in [2.24, 2.45) is 0 Å². The van der Waals surface area contributed by atoms with Gasteiger partial charge in [-0.25, -0.2) is 0 Å². The fourth-order valence-electron chi connectivity index (χ4n) is 1.86. The first kappa shape index (κ1) is 15.6. The van der Waals surface area contributed by atoms with Crippen LogP contribution in [-0.2, 0) is 16.1 Å². The number of rotatable bonds is 9. The van der Waals surface area contributed by atoms with Crippen LogP contribution in [0, 0.1) is 0 Å². The number of halogens is 1. The molecule has 86 valence electrons. The van der Waals surface area contributed by atoms with Gasteiger partial charge in [0.1, 0.15) is 0 Å². The first-order chi connectivity index (χ1) is 6.68. The Balaban J connectivity index is 3.89. The van der Waals surface area contributed by atoms with Crippen LogP contribution in [0.4, 0.5) is 0 Å². The third-order valence-corrected chi connectivity index (χ3v) is 21.7. The van der Waals surface area contributed by atoms with Gasteiger partial charge in [-0.1, -0.05) is 0 Å². The molecule has 0 nitrogen and oxygen atoms in total. The van der Waals surface area contributed by atoms with Crippen LogP contribution < -0.4 is 0 Å². The summed E-state index contributed by atoms with van der Waals surface area (Å²) in [5, 5.41) is 0. The van der Waals surface area contributed by atoms with Gasteiger partial charge in [0, 0.05) is 0 Å². The molecular formula is C12H27IZr. The van der Waals surface area contributed by atoms with Gasteiger partial charge in [-0.2, -0.15) is 0 Å². The van der Waals surface area contributed by atoms with Gasteiger partial charge in [0.05, 0.1) is 0 Å². The first-order valence-electron chi connectivity index (χ1n) is 6.37. The van der Waals surface area contributed by atoms with Crippen LogP contribution in [0.3, 0.4) is 0 Å². The van der Waals surface area contributed by atoms with Crippen molar-refractivity contribution in [3.8, 4) is 0 Å². The topological polar surface area (TPSA) is 0 Å². The molecular weight excluding hydrogens is 362 g/mol. The molecule has 0 saturated heterocycles. The number of hydrogen-bond acceptors (Lipinski definition) is 0. The van der Waals surface area contributed by atoms with E-state index < -0.39 is 16.1 Å². The van der Waals surface area contributed by atoms with Crippen LogP contribution in [0.5, 0.6) is 0 Å². The second kappa shape index (κ2) is 9.81. The van der Waals surface area contributed by atoms with E-state index in [1.54, 1.807) is 12.4 Å². The van der Waals surface area contributed by atoms with Crippen LogP contribution in [0.15, 0.2) is 0 Å². The average molecular weight is 389 g/mol. The number of hydrogen-bond donors (Lipinski definition) is 0. The molecule has 0 bridgehead atoms. The molecule has 0 radical (unpaired) electrons. The Bertz CT molecular complexity index is 104. The second-order valence-corrected chi connectivity index (χ2v) is 27.3. The summed E-state index contributed by atoms with van der Waals surface area (Å²) in [6, 6.07) is 0. The Morgan fingerprint density at radius 3 is 1.21 bits per heavy atom. The van der Waals surface area contributed by atoms with E-state index in [-0.39, 0.29) is 0 Å². The predicted octanol–water partition coefficient (Wildman–Crippen LogP) is 6.15. The first-order valence-corrected chi connectivity index (χ1v) is 18.9. The van der Waals surface area contributed by atoms with Crippen LogP contribution in [0.1, 0.15) is 59.3 Å². The third-order valence-electron chi connectivity index (χ3n) is 2.94. The van der Waals surface area contributed by atoms with Gasteiger partial charge in [0.25, 0.3) is 0 Å². The van der Waals surface area contributed by atoms with E-state index >= 15 is 0 Å². The molecule has 2 heteroatoms. The summed E-state index contributed by atoms with van der Waals surface area (Å²) < 4.78 is 4.93. The van der Waals surface area contributed by atoms with Crippen molar-refractivity contribution >= 4 is 18.0 Å². The number of unbranched alkanes of at least 4 members (excludes halogenated alkanes) is 3. The summed E-state index contributed by atoms with van der Waals surface area (Å²) in [5.74, 6) is 0. The summed E-state index contributed by atoms with van der Waals surface area (Å²) in [6.07, 6.45) is 8.73. The zero-order valence-corrected chi connectivity index (χ0v) is 14.9. The molecule has 0 aromatic rings. The van der Waals surface area contributed by atoms with Crippen molar-refractivity contribution < 1.29 is 16.1 Å². The molecule has 0 atom stereocenters. The molecule has 0 fully saturated rings. The van der Waals surface area contributed by atoms with E-state index in [0.29, 0.717) is 0 Å². The Kier molecular flexibility index (Phi) is 10.9. The van der Waals surface area contributed by atoms with Crippen molar-refractivity contribution in [1.82, 2.24) is 0 Å². The quantitative estimate of drug-likeness (QED) is 0.415. The van der Waals surface area contributed by atoms with Crippen LogP contribution in [0.25, 0.3) is 0 Å². The summed E-state index contributed by atoms with van der Waals surface area (Å²) in [4.78, 5) is 0. The molecule has 0 spiro atoms. The van der Waals surface area contributed by atoms with Crippen LogP contribution in [0.2, 0.25) is 12.4 Å². The Morgan fingerprint density at radius 2 is 1.00 bits per heavy atom. The van der Waals surface area contributed by atoms with E-state index in [0.717, 1.165) is 0 Å². The van der Waals surface area contributed by atoms with E-state index in [1.807, 2.05) is 0 Å². The Hall–Kier alpha value is 1.61. The zero-order valence-electron chi connectivity index (χ0n) is 10.2. The molecule has 0 aromatic carbocycles. The molecule has 0 unspecified atom stereocenters. The summed E-state index contributed by atoms with van der Waals surface area (Å²) in [6.45, 7) is 7.01. The monoisotopic (exact) mass is 388 g/mol. The minimum absolute atomic E-state index is 1.40. The molecule has 0 heterocycles. The Labute approximate surface area is 105 Å². The third kappa shape index (κ3) is 7.85. The van der Waals surface area contributed by atoms with Gasteiger partial charge in [-0.3, -0.25) is 0 Å². The van der Waals surface area contributed by atoms with Crippen molar-refractivity contribution in [3.05, 3.63) is 0 Å². The van der Waals surface area contributed by atoms with E-state index in [1.165, 1.54) is 38.5 Å². The Morgan fingerprint density at radius 1 is 0.714 bits per heavy atom. The summed E-state index contributed by atoms with van der Waals surface area (Å²) in [5.41, 5.74) is 0. The fraction of sp³-hybridized carbons (Fsp3) is 1.00. The van der Waals surface area contributed by atoms with Gasteiger partial charge in [-0.05, 0) is 0 Å². The molecule has 0 aliphatic carbocycles. The van der Waals surface area contributed by atoms with Gasteiger partial charge in [0.15, 0.2) is 0 Å². The van der Waals surface area contributed by atoms with Gasteiger partial charge in [0.2, 0.25) is 0 Å².